The second kappa shape index (κ2) is 8.37. The van der Waals surface area contributed by atoms with E-state index in [-0.39, 0.29) is 11.9 Å². The van der Waals surface area contributed by atoms with E-state index in [1.165, 1.54) is 0 Å². The maximum atomic E-state index is 12.6. The molecule has 2 heterocycles. The van der Waals surface area contributed by atoms with E-state index in [2.05, 4.69) is 10.3 Å². The van der Waals surface area contributed by atoms with Crippen molar-refractivity contribution in [3.63, 3.8) is 0 Å². The smallest absolute Gasteiger partial charge is 0.251 e. The normalized spacial score (nSPS) is 11.9. The second-order valence-corrected chi connectivity index (χ2v) is 7.20. The Morgan fingerprint density at radius 2 is 1.97 bits per heavy atom. The van der Waals surface area contributed by atoms with Crippen LogP contribution in [0.25, 0.3) is 5.65 Å². The molecule has 0 saturated heterocycles. The first kappa shape index (κ1) is 19.0. The van der Waals surface area contributed by atoms with Gasteiger partial charge >= 0.3 is 0 Å². The fourth-order valence-corrected chi connectivity index (χ4v) is 3.18. The van der Waals surface area contributed by atoms with Gasteiger partial charge in [-0.3, -0.25) is 4.79 Å². The predicted molar refractivity (Wildman–Crippen MR) is 113 cm³/mol. The third-order valence-corrected chi connectivity index (χ3v) is 4.87. The zero-order chi connectivity index (χ0) is 20.2. The highest BCUT2D eigenvalue weighted by atomic mass is 35.5. The van der Waals surface area contributed by atoms with Crippen molar-refractivity contribution in [2.24, 2.45) is 0 Å². The van der Waals surface area contributed by atoms with Crippen LogP contribution in [0.2, 0.25) is 5.02 Å². The highest BCUT2D eigenvalue weighted by molar-refractivity contribution is 6.30. The van der Waals surface area contributed by atoms with Gasteiger partial charge in [0.25, 0.3) is 5.91 Å². The molecular formula is C23H20ClN3O2. The molecule has 6 heteroatoms. The fraction of sp³-hybridized carbons (Fsp3) is 0.130. The standard InChI is InChI=1S/C23H20ClN3O2/c1-16(17-8-10-19(24)11-9-17)25-23(28)18-5-4-6-21(13-18)29-15-20-14-27-12-3-2-7-22(27)26-20/h2-14,16H,15H2,1H3,(H,25,28)/t16-/m1/s1. The van der Waals surface area contributed by atoms with Gasteiger partial charge in [0.05, 0.1) is 11.7 Å². The van der Waals surface area contributed by atoms with Crippen LogP contribution in [0.5, 0.6) is 5.75 Å². The van der Waals surface area contributed by atoms with Crippen molar-refractivity contribution < 1.29 is 9.53 Å². The van der Waals surface area contributed by atoms with E-state index in [1.54, 1.807) is 18.2 Å². The number of hydrogen-bond acceptors (Lipinski definition) is 3. The minimum Gasteiger partial charge on any atom is -0.487 e. The third-order valence-electron chi connectivity index (χ3n) is 4.61. The Bertz CT molecular complexity index is 1110. The maximum absolute atomic E-state index is 12.6. The van der Waals surface area contributed by atoms with Crippen molar-refractivity contribution in [1.82, 2.24) is 14.7 Å². The third kappa shape index (κ3) is 4.58. The Balaban J connectivity index is 1.40. The van der Waals surface area contributed by atoms with E-state index >= 15 is 0 Å². The first-order valence-corrected chi connectivity index (χ1v) is 9.68. The first-order valence-electron chi connectivity index (χ1n) is 9.30. The Morgan fingerprint density at radius 1 is 1.14 bits per heavy atom. The monoisotopic (exact) mass is 405 g/mol. The maximum Gasteiger partial charge on any atom is 0.251 e. The summed E-state index contributed by atoms with van der Waals surface area (Å²) in [4.78, 5) is 17.1. The molecule has 0 aliphatic heterocycles. The number of aromatic nitrogens is 2. The molecule has 2 aromatic carbocycles. The van der Waals surface area contributed by atoms with Gasteiger partial charge < -0.3 is 14.5 Å². The van der Waals surface area contributed by atoms with Gasteiger partial charge in [-0.15, -0.1) is 0 Å². The number of imidazole rings is 1. The summed E-state index contributed by atoms with van der Waals surface area (Å²) in [5, 5.41) is 3.67. The number of carbonyl (C=O) groups is 1. The lowest BCUT2D eigenvalue weighted by Gasteiger charge is -2.15. The number of carbonyl (C=O) groups excluding carboxylic acids is 1. The Kier molecular flexibility index (Phi) is 5.49. The molecular weight excluding hydrogens is 386 g/mol. The van der Waals surface area contributed by atoms with Crippen LogP contribution in [0.3, 0.4) is 0 Å². The molecule has 4 aromatic rings. The lowest BCUT2D eigenvalue weighted by Crippen LogP contribution is -2.26. The molecule has 1 atom stereocenters. The molecule has 0 aliphatic rings. The van der Waals surface area contributed by atoms with E-state index in [4.69, 9.17) is 16.3 Å². The summed E-state index contributed by atoms with van der Waals surface area (Å²) in [5.41, 5.74) is 3.22. The van der Waals surface area contributed by atoms with Crippen LogP contribution >= 0.6 is 11.6 Å². The van der Waals surface area contributed by atoms with Crippen molar-refractivity contribution in [2.75, 3.05) is 0 Å². The fourth-order valence-electron chi connectivity index (χ4n) is 3.06. The highest BCUT2D eigenvalue weighted by Gasteiger charge is 2.12. The van der Waals surface area contributed by atoms with Gasteiger partial charge in [-0.1, -0.05) is 35.9 Å². The Morgan fingerprint density at radius 3 is 2.76 bits per heavy atom. The number of amides is 1. The molecule has 29 heavy (non-hydrogen) atoms. The van der Waals surface area contributed by atoms with Gasteiger partial charge in [0, 0.05) is 23.0 Å². The van der Waals surface area contributed by atoms with Crippen LogP contribution < -0.4 is 10.1 Å². The van der Waals surface area contributed by atoms with Crippen LogP contribution in [0.1, 0.15) is 34.6 Å². The molecule has 0 radical (unpaired) electrons. The van der Waals surface area contributed by atoms with Gasteiger partial charge in [0.2, 0.25) is 0 Å². The zero-order valence-corrected chi connectivity index (χ0v) is 16.6. The largest absolute Gasteiger partial charge is 0.487 e. The Hall–Kier alpha value is -3.31. The molecule has 1 N–H and O–H groups in total. The Labute approximate surface area is 173 Å². The number of pyridine rings is 1. The number of fused-ring (bicyclic) bond motifs is 1. The van der Waals surface area contributed by atoms with E-state index in [1.807, 2.05) is 72.2 Å². The van der Waals surface area contributed by atoms with Crippen molar-refractivity contribution >= 4 is 23.2 Å². The summed E-state index contributed by atoms with van der Waals surface area (Å²) in [6.45, 7) is 2.26. The summed E-state index contributed by atoms with van der Waals surface area (Å²) in [5.74, 6) is 0.458. The number of hydrogen-bond donors (Lipinski definition) is 1. The number of nitrogens with zero attached hydrogens (tertiary/aromatic N) is 2. The molecule has 0 fully saturated rings. The molecule has 0 aliphatic carbocycles. The minimum absolute atomic E-state index is 0.137. The summed E-state index contributed by atoms with van der Waals surface area (Å²) in [6.07, 6.45) is 3.87. The van der Waals surface area contributed by atoms with Crippen molar-refractivity contribution in [3.05, 3.63) is 101 Å². The molecule has 5 nitrogen and oxygen atoms in total. The molecule has 1 amide bonds. The van der Waals surface area contributed by atoms with Gasteiger partial charge in [-0.25, -0.2) is 4.98 Å². The minimum atomic E-state index is -0.161. The molecule has 0 spiro atoms. The summed E-state index contributed by atoms with van der Waals surface area (Å²) in [6, 6.07) is 20.3. The van der Waals surface area contributed by atoms with Crippen LogP contribution in [0.15, 0.2) is 79.1 Å². The molecule has 4 rings (SSSR count). The van der Waals surface area contributed by atoms with Gasteiger partial charge in [0.15, 0.2) is 0 Å². The van der Waals surface area contributed by atoms with Gasteiger partial charge in [0.1, 0.15) is 18.0 Å². The van der Waals surface area contributed by atoms with Crippen LogP contribution in [-0.2, 0) is 6.61 Å². The second-order valence-electron chi connectivity index (χ2n) is 6.76. The number of nitrogens with one attached hydrogen (secondary N) is 1. The topological polar surface area (TPSA) is 55.6 Å². The lowest BCUT2D eigenvalue weighted by atomic mass is 10.1. The quantitative estimate of drug-likeness (QED) is 0.488. The summed E-state index contributed by atoms with van der Waals surface area (Å²) in [7, 11) is 0. The molecule has 146 valence electrons. The van der Waals surface area contributed by atoms with Gasteiger partial charge in [-0.2, -0.15) is 0 Å². The number of benzene rings is 2. The van der Waals surface area contributed by atoms with E-state index in [0.717, 1.165) is 16.9 Å². The zero-order valence-electron chi connectivity index (χ0n) is 15.9. The first-order chi connectivity index (χ1) is 14.1. The molecule has 0 unspecified atom stereocenters. The van der Waals surface area contributed by atoms with E-state index in [9.17, 15) is 4.79 Å². The average molecular weight is 406 g/mol. The number of halogens is 1. The molecule has 2 aromatic heterocycles. The van der Waals surface area contributed by atoms with Crippen LogP contribution in [-0.4, -0.2) is 15.3 Å². The highest BCUT2D eigenvalue weighted by Crippen LogP contribution is 2.19. The summed E-state index contributed by atoms with van der Waals surface area (Å²) < 4.78 is 7.79. The van der Waals surface area contributed by atoms with Gasteiger partial charge in [-0.05, 0) is 55.0 Å². The lowest BCUT2D eigenvalue weighted by molar-refractivity contribution is 0.0939. The summed E-state index contributed by atoms with van der Waals surface area (Å²) >= 11 is 5.93. The SMILES string of the molecule is C[C@@H](NC(=O)c1cccc(OCc2cn3ccccc3n2)c1)c1ccc(Cl)cc1. The van der Waals surface area contributed by atoms with Crippen molar-refractivity contribution in [1.29, 1.82) is 0 Å². The number of ether oxygens (including phenoxy) is 1. The molecule has 0 saturated carbocycles. The van der Waals surface area contributed by atoms with Crippen LogP contribution in [0.4, 0.5) is 0 Å². The van der Waals surface area contributed by atoms with Crippen molar-refractivity contribution in [3.8, 4) is 5.75 Å². The average Bonchev–Trinajstić information content (AvgIpc) is 3.16. The van der Waals surface area contributed by atoms with Crippen LogP contribution in [0, 0.1) is 0 Å². The van der Waals surface area contributed by atoms with E-state index in [0.29, 0.717) is 22.9 Å². The predicted octanol–water partition coefficient (Wildman–Crippen LogP) is 5.06. The van der Waals surface area contributed by atoms with Crippen molar-refractivity contribution in [2.45, 2.75) is 19.6 Å². The number of rotatable bonds is 6. The molecule has 0 bridgehead atoms. The van der Waals surface area contributed by atoms with E-state index < -0.39 is 0 Å².